The smallest absolute Gasteiger partial charge is 0.344 e. The highest BCUT2D eigenvalue weighted by Crippen LogP contribution is 2.28. The van der Waals surface area contributed by atoms with E-state index in [0.29, 0.717) is 6.42 Å². The number of para-hydroxylation sites is 2. The van der Waals surface area contributed by atoms with E-state index >= 15 is 0 Å². The molecule has 0 aliphatic heterocycles. The number of carboxylic acids is 1. The molecule has 35 heavy (non-hydrogen) atoms. The van der Waals surface area contributed by atoms with Gasteiger partial charge in [0.05, 0.1) is 11.1 Å². The molecular formula is C30H42O5. The van der Waals surface area contributed by atoms with Crippen LogP contribution in [0.15, 0.2) is 36.4 Å². The number of hydrogen-bond donors (Lipinski definition) is 2. The van der Waals surface area contributed by atoms with Crippen LogP contribution in [0.3, 0.4) is 0 Å². The fourth-order valence-corrected chi connectivity index (χ4v) is 4.42. The van der Waals surface area contributed by atoms with Crippen LogP contribution in [0.4, 0.5) is 0 Å². The highest BCUT2D eigenvalue weighted by atomic mass is 16.5. The molecule has 0 bridgehead atoms. The Morgan fingerprint density at radius 2 is 1.34 bits per heavy atom. The van der Waals surface area contributed by atoms with Gasteiger partial charge in [-0.05, 0) is 55.0 Å². The number of aromatic hydroxyl groups is 1. The third-order valence-corrected chi connectivity index (χ3v) is 6.40. The third-order valence-electron chi connectivity index (χ3n) is 6.40. The van der Waals surface area contributed by atoms with Gasteiger partial charge in [0.2, 0.25) is 0 Å². The van der Waals surface area contributed by atoms with Crippen molar-refractivity contribution in [1.82, 2.24) is 0 Å². The van der Waals surface area contributed by atoms with Crippen molar-refractivity contribution in [1.29, 1.82) is 0 Å². The molecule has 0 saturated heterocycles. The zero-order valence-electron chi connectivity index (χ0n) is 21.5. The second kappa shape index (κ2) is 16.0. The maximum Gasteiger partial charge on any atom is 0.344 e. The second-order valence-electron chi connectivity index (χ2n) is 9.38. The number of ether oxygens (including phenoxy) is 1. The molecule has 0 fully saturated rings. The summed E-state index contributed by atoms with van der Waals surface area (Å²) in [5.74, 6) is -2.01. The van der Waals surface area contributed by atoms with Gasteiger partial charge in [-0.3, -0.25) is 0 Å². The number of carbonyl (C=O) groups excluding carboxylic acids is 1. The summed E-state index contributed by atoms with van der Waals surface area (Å²) in [7, 11) is 0. The van der Waals surface area contributed by atoms with E-state index in [0.717, 1.165) is 49.7 Å². The number of unbranched alkanes of at least 4 members (excludes halogenated alkanes) is 10. The van der Waals surface area contributed by atoms with Crippen molar-refractivity contribution >= 4 is 11.9 Å². The maximum atomic E-state index is 13.2. The Hall–Kier alpha value is -2.82. The lowest BCUT2D eigenvalue weighted by atomic mass is 9.91. The van der Waals surface area contributed by atoms with E-state index in [1.54, 1.807) is 18.2 Å². The van der Waals surface area contributed by atoms with Gasteiger partial charge in [-0.2, -0.15) is 0 Å². The molecule has 2 rings (SSSR count). The van der Waals surface area contributed by atoms with E-state index in [4.69, 9.17) is 4.74 Å². The number of rotatable bonds is 17. The predicted molar refractivity (Wildman–Crippen MR) is 141 cm³/mol. The van der Waals surface area contributed by atoms with E-state index in [2.05, 4.69) is 13.8 Å². The topological polar surface area (TPSA) is 83.8 Å². The maximum absolute atomic E-state index is 13.2. The van der Waals surface area contributed by atoms with E-state index in [-0.39, 0.29) is 22.6 Å². The summed E-state index contributed by atoms with van der Waals surface area (Å²) in [6.45, 7) is 4.38. The first kappa shape index (κ1) is 28.4. The lowest BCUT2D eigenvalue weighted by Crippen LogP contribution is -2.18. The first-order valence-electron chi connectivity index (χ1n) is 13.4. The second-order valence-corrected chi connectivity index (χ2v) is 9.38. The molecule has 0 spiro atoms. The van der Waals surface area contributed by atoms with Gasteiger partial charge in [0.15, 0.2) is 11.5 Å². The number of aromatic carboxylic acids is 1. The van der Waals surface area contributed by atoms with E-state index in [9.17, 15) is 19.8 Å². The number of hydrogen-bond acceptors (Lipinski definition) is 4. The van der Waals surface area contributed by atoms with E-state index < -0.39 is 11.9 Å². The Kier molecular flexibility index (Phi) is 13.0. The van der Waals surface area contributed by atoms with Crippen molar-refractivity contribution in [3.05, 3.63) is 58.7 Å². The highest BCUT2D eigenvalue weighted by Gasteiger charge is 2.24. The molecule has 0 aliphatic carbocycles. The van der Waals surface area contributed by atoms with Crippen molar-refractivity contribution in [3.63, 3.8) is 0 Å². The van der Waals surface area contributed by atoms with Crippen LogP contribution in [0.5, 0.6) is 11.5 Å². The molecular weight excluding hydrogens is 440 g/mol. The Labute approximate surface area is 210 Å². The lowest BCUT2D eigenvalue weighted by Gasteiger charge is -2.15. The number of esters is 1. The summed E-state index contributed by atoms with van der Waals surface area (Å²) >= 11 is 0. The van der Waals surface area contributed by atoms with Crippen LogP contribution >= 0.6 is 0 Å². The van der Waals surface area contributed by atoms with Gasteiger partial charge in [0.1, 0.15) is 0 Å². The van der Waals surface area contributed by atoms with Crippen LogP contribution in [0, 0.1) is 0 Å². The van der Waals surface area contributed by atoms with Crippen molar-refractivity contribution in [2.45, 2.75) is 104 Å². The van der Waals surface area contributed by atoms with Gasteiger partial charge < -0.3 is 14.9 Å². The number of aryl methyl sites for hydroxylation is 2. The summed E-state index contributed by atoms with van der Waals surface area (Å²) in [4.78, 5) is 25.4. The number of carboxylic acid groups (broad SMARTS) is 1. The molecule has 192 valence electrons. The first-order valence-corrected chi connectivity index (χ1v) is 13.4. The molecule has 0 amide bonds. The van der Waals surface area contributed by atoms with Gasteiger partial charge in [0, 0.05) is 0 Å². The predicted octanol–water partition coefficient (Wildman–Crippen LogP) is 8.12. The average Bonchev–Trinajstić information content (AvgIpc) is 2.84. The molecule has 5 heteroatoms. The lowest BCUT2D eigenvalue weighted by molar-refractivity contribution is 0.0665. The van der Waals surface area contributed by atoms with Crippen LogP contribution in [0.25, 0.3) is 0 Å². The summed E-state index contributed by atoms with van der Waals surface area (Å²) in [6, 6.07) is 9.83. The van der Waals surface area contributed by atoms with Gasteiger partial charge in [-0.25, -0.2) is 9.59 Å². The Morgan fingerprint density at radius 1 is 0.771 bits per heavy atom. The standard InChI is InChI=1S/C30H42O5/c1-3-5-7-9-11-13-17-23-21-24(18-14-12-10-8-6-4-2)28(25(22-23)29(32)33)30(34)35-27-20-16-15-19-26(27)31/h15-16,19-22,31H,3-14,17-18H2,1-2H3,(H,32,33). The molecule has 2 N–H and O–H groups in total. The number of carbonyl (C=O) groups is 2. The minimum atomic E-state index is -1.14. The molecule has 2 aromatic rings. The number of phenolic OH excluding ortho intramolecular Hbond substituents is 1. The van der Waals surface area contributed by atoms with Crippen molar-refractivity contribution in [2.75, 3.05) is 0 Å². The molecule has 0 aliphatic rings. The van der Waals surface area contributed by atoms with Crippen LogP contribution in [-0.4, -0.2) is 22.2 Å². The monoisotopic (exact) mass is 482 g/mol. The van der Waals surface area contributed by atoms with Crippen LogP contribution in [0.2, 0.25) is 0 Å². The summed E-state index contributed by atoms with van der Waals surface area (Å²) in [6.07, 6.45) is 15.1. The fraction of sp³-hybridized carbons (Fsp3) is 0.533. The molecule has 0 heterocycles. The molecule has 5 nitrogen and oxygen atoms in total. The van der Waals surface area contributed by atoms with Gasteiger partial charge in [-0.1, -0.05) is 96.3 Å². The van der Waals surface area contributed by atoms with Gasteiger partial charge >= 0.3 is 11.9 Å². The van der Waals surface area contributed by atoms with Crippen LogP contribution < -0.4 is 4.74 Å². The summed E-state index contributed by atoms with van der Waals surface area (Å²) < 4.78 is 5.45. The van der Waals surface area contributed by atoms with Crippen LogP contribution in [-0.2, 0) is 12.8 Å². The van der Waals surface area contributed by atoms with E-state index in [1.165, 1.54) is 57.1 Å². The largest absolute Gasteiger partial charge is 0.504 e. The molecule has 0 aromatic heterocycles. The van der Waals surface area contributed by atoms with Crippen molar-refractivity contribution in [2.24, 2.45) is 0 Å². The SMILES string of the molecule is CCCCCCCCc1cc(CCCCCCCC)c(C(=O)Oc2ccccc2O)c(C(=O)O)c1. The quantitative estimate of drug-likeness (QED) is 0.135. The molecule has 0 radical (unpaired) electrons. The van der Waals surface area contributed by atoms with Crippen molar-refractivity contribution in [3.8, 4) is 11.5 Å². The van der Waals surface area contributed by atoms with Crippen molar-refractivity contribution < 1.29 is 24.5 Å². The van der Waals surface area contributed by atoms with Crippen LogP contribution in [0.1, 0.15) is 123 Å². The highest BCUT2D eigenvalue weighted by molar-refractivity contribution is 6.04. The third kappa shape index (κ3) is 9.75. The minimum absolute atomic E-state index is 0.0186. The van der Waals surface area contributed by atoms with Gasteiger partial charge in [-0.15, -0.1) is 0 Å². The molecule has 0 atom stereocenters. The van der Waals surface area contributed by atoms with E-state index in [1.807, 2.05) is 6.07 Å². The fourth-order valence-electron chi connectivity index (χ4n) is 4.42. The summed E-state index contributed by atoms with van der Waals surface area (Å²) in [5, 5.41) is 20.0. The minimum Gasteiger partial charge on any atom is -0.504 e. The molecule has 2 aromatic carbocycles. The molecule has 0 unspecified atom stereocenters. The van der Waals surface area contributed by atoms with Gasteiger partial charge in [0.25, 0.3) is 0 Å². The number of phenols is 1. The zero-order valence-corrected chi connectivity index (χ0v) is 21.5. The summed E-state index contributed by atoms with van der Waals surface area (Å²) in [5.41, 5.74) is 1.76. The Bertz CT molecular complexity index is 934. The Balaban J connectivity index is 2.24. The average molecular weight is 483 g/mol. The number of benzene rings is 2. The normalized spacial score (nSPS) is 10.9. The zero-order chi connectivity index (χ0) is 25.5. The first-order chi connectivity index (χ1) is 17.0. The Morgan fingerprint density at radius 3 is 1.94 bits per heavy atom. The molecule has 0 saturated carbocycles.